The largest absolute Gasteiger partial charge is 0.382 e. The highest BCUT2D eigenvalue weighted by molar-refractivity contribution is 9.10. The number of halogens is 1. The number of hydrogen-bond acceptors (Lipinski definition) is 4. The maximum Gasteiger partial charge on any atom is 0.283 e. The van der Waals surface area contributed by atoms with E-state index >= 15 is 0 Å². The smallest absolute Gasteiger partial charge is 0.283 e. The summed E-state index contributed by atoms with van der Waals surface area (Å²) < 4.78 is 1.88. The lowest BCUT2D eigenvalue weighted by atomic mass is 10.2. The predicted octanol–water partition coefficient (Wildman–Crippen LogP) is 1.60. The van der Waals surface area contributed by atoms with Crippen molar-refractivity contribution in [2.45, 2.75) is 33.7 Å². The van der Waals surface area contributed by atoms with Crippen molar-refractivity contribution in [2.75, 3.05) is 18.4 Å². The van der Waals surface area contributed by atoms with E-state index in [4.69, 9.17) is 0 Å². The third-order valence-electron chi connectivity index (χ3n) is 2.56. The van der Waals surface area contributed by atoms with Crippen LogP contribution in [0.3, 0.4) is 0 Å². The van der Waals surface area contributed by atoms with Gasteiger partial charge in [0.2, 0.25) is 5.91 Å². The Bertz CT molecular complexity index is 514. The molecule has 0 aliphatic heterocycles. The van der Waals surface area contributed by atoms with Crippen LogP contribution in [0.15, 0.2) is 15.5 Å². The Morgan fingerprint density at radius 1 is 1.50 bits per heavy atom. The van der Waals surface area contributed by atoms with Crippen LogP contribution in [0.4, 0.5) is 5.69 Å². The third-order valence-corrected chi connectivity index (χ3v) is 3.33. The first kappa shape index (κ1) is 16.7. The molecular weight excluding hydrogens is 324 g/mol. The first-order chi connectivity index (χ1) is 9.45. The fraction of sp³-hybridized carbons (Fsp3) is 0.615. The van der Waals surface area contributed by atoms with E-state index in [1.165, 1.54) is 4.68 Å². The molecule has 6 nitrogen and oxygen atoms in total. The number of aromatic nitrogens is 2. The lowest BCUT2D eigenvalue weighted by molar-refractivity contribution is -0.120. The molecule has 112 valence electrons. The fourth-order valence-corrected chi connectivity index (χ4v) is 2.11. The summed E-state index contributed by atoms with van der Waals surface area (Å²) in [5.41, 5.74) is 0.445. The number of rotatable bonds is 7. The van der Waals surface area contributed by atoms with Gasteiger partial charge in [0.25, 0.3) is 5.56 Å². The molecule has 0 fully saturated rings. The first-order valence-corrected chi connectivity index (χ1v) is 7.51. The van der Waals surface area contributed by atoms with Crippen LogP contribution in [0.1, 0.15) is 27.2 Å². The van der Waals surface area contributed by atoms with Crippen LogP contribution < -0.4 is 16.2 Å². The van der Waals surface area contributed by atoms with Crippen LogP contribution in [-0.4, -0.2) is 28.8 Å². The molecule has 1 amide bonds. The van der Waals surface area contributed by atoms with Gasteiger partial charge in [0.1, 0.15) is 4.47 Å². The molecule has 0 aliphatic carbocycles. The summed E-state index contributed by atoms with van der Waals surface area (Å²) >= 11 is 3.28. The molecule has 0 unspecified atom stereocenters. The summed E-state index contributed by atoms with van der Waals surface area (Å²) in [6, 6.07) is 0. The maximum absolute atomic E-state index is 12.1. The summed E-state index contributed by atoms with van der Waals surface area (Å²) in [7, 11) is 0. The average Bonchev–Trinajstić information content (AvgIpc) is 2.37. The standard InChI is InChI=1S/C13H21BrN4O2/c1-4-15-11(19)5-6-16-10-7-17-18(8-9(2)3)13(20)12(10)14/h7,9,16H,4-6,8H2,1-3H3,(H,15,19). The Hall–Kier alpha value is -1.37. The summed E-state index contributed by atoms with van der Waals surface area (Å²) in [6.07, 6.45) is 1.96. The van der Waals surface area contributed by atoms with Crippen molar-refractivity contribution < 1.29 is 4.79 Å². The second-order valence-corrected chi connectivity index (χ2v) is 5.68. The van der Waals surface area contributed by atoms with Gasteiger partial charge in [-0.05, 0) is 28.8 Å². The molecule has 2 N–H and O–H groups in total. The Kier molecular flexibility index (Phi) is 6.70. The van der Waals surface area contributed by atoms with Gasteiger partial charge in [-0.1, -0.05) is 13.8 Å². The van der Waals surface area contributed by atoms with Crippen molar-refractivity contribution >= 4 is 27.5 Å². The number of carbonyl (C=O) groups excluding carboxylic acids is 1. The minimum Gasteiger partial charge on any atom is -0.382 e. The molecule has 1 rings (SSSR count). The molecule has 1 heterocycles. The maximum atomic E-state index is 12.1. The molecule has 20 heavy (non-hydrogen) atoms. The highest BCUT2D eigenvalue weighted by Gasteiger charge is 2.10. The van der Waals surface area contributed by atoms with E-state index in [2.05, 4.69) is 31.7 Å². The van der Waals surface area contributed by atoms with E-state index in [9.17, 15) is 9.59 Å². The summed E-state index contributed by atoms with van der Waals surface area (Å²) in [5, 5.41) is 9.88. The number of carbonyl (C=O) groups is 1. The van der Waals surface area contributed by atoms with Gasteiger partial charge in [0, 0.05) is 26.1 Å². The lowest BCUT2D eigenvalue weighted by Crippen LogP contribution is -2.27. The van der Waals surface area contributed by atoms with Gasteiger partial charge in [-0.2, -0.15) is 5.10 Å². The molecule has 1 aromatic rings. The van der Waals surface area contributed by atoms with Gasteiger partial charge in [-0.15, -0.1) is 0 Å². The zero-order chi connectivity index (χ0) is 15.1. The monoisotopic (exact) mass is 344 g/mol. The minimum atomic E-state index is -0.165. The van der Waals surface area contributed by atoms with Crippen molar-refractivity contribution in [3.63, 3.8) is 0 Å². The second-order valence-electron chi connectivity index (χ2n) is 4.88. The van der Waals surface area contributed by atoms with Crippen molar-refractivity contribution in [2.24, 2.45) is 5.92 Å². The number of nitrogens with one attached hydrogen (secondary N) is 2. The highest BCUT2D eigenvalue weighted by Crippen LogP contribution is 2.16. The van der Waals surface area contributed by atoms with E-state index in [0.29, 0.717) is 42.1 Å². The molecule has 0 spiro atoms. The molecule has 0 bridgehead atoms. The number of nitrogens with zero attached hydrogens (tertiary/aromatic N) is 2. The van der Waals surface area contributed by atoms with Gasteiger partial charge < -0.3 is 10.6 Å². The van der Waals surface area contributed by atoms with E-state index in [-0.39, 0.29) is 11.5 Å². The van der Waals surface area contributed by atoms with E-state index in [1.54, 1.807) is 6.20 Å². The molecule has 0 saturated carbocycles. The van der Waals surface area contributed by atoms with Gasteiger partial charge in [-0.3, -0.25) is 9.59 Å². The zero-order valence-electron chi connectivity index (χ0n) is 12.1. The van der Waals surface area contributed by atoms with Crippen LogP contribution in [0, 0.1) is 5.92 Å². The summed E-state index contributed by atoms with van der Waals surface area (Å²) in [4.78, 5) is 23.4. The summed E-state index contributed by atoms with van der Waals surface area (Å²) in [6.45, 7) is 7.59. The SMILES string of the molecule is CCNC(=O)CCNc1cnn(CC(C)C)c(=O)c1Br. The predicted molar refractivity (Wildman–Crippen MR) is 82.8 cm³/mol. The van der Waals surface area contributed by atoms with Crippen molar-refractivity contribution in [3.8, 4) is 0 Å². The van der Waals surface area contributed by atoms with Crippen LogP contribution in [0.5, 0.6) is 0 Å². The molecular formula is C13H21BrN4O2. The van der Waals surface area contributed by atoms with Gasteiger partial charge >= 0.3 is 0 Å². The minimum absolute atomic E-state index is 0.0165. The molecule has 1 aromatic heterocycles. The molecule has 0 aliphatic rings. The Balaban J connectivity index is 2.66. The van der Waals surface area contributed by atoms with E-state index < -0.39 is 0 Å². The third kappa shape index (κ3) is 4.96. The van der Waals surface area contributed by atoms with Crippen LogP contribution in [0.2, 0.25) is 0 Å². The average molecular weight is 345 g/mol. The molecule has 0 saturated heterocycles. The number of hydrogen-bond donors (Lipinski definition) is 2. The topological polar surface area (TPSA) is 76.0 Å². The van der Waals surface area contributed by atoms with Crippen LogP contribution >= 0.6 is 15.9 Å². The molecule has 0 aromatic carbocycles. The quantitative estimate of drug-likeness (QED) is 0.787. The Morgan fingerprint density at radius 2 is 2.20 bits per heavy atom. The first-order valence-electron chi connectivity index (χ1n) is 6.71. The zero-order valence-corrected chi connectivity index (χ0v) is 13.7. The molecule has 0 radical (unpaired) electrons. The number of anilines is 1. The van der Waals surface area contributed by atoms with Crippen molar-refractivity contribution in [1.82, 2.24) is 15.1 Å². The number of amides is 1. The Morgan fingerprint density at radius 3 is 2.80 bits per heavy atom. The second kappa shape index (κ2) is 8.04. The molecule has 7 heteroatoms. The van der Waals surface area contributed by atoms with Crippen molar-refractivity contribution in [1.29, 1.82) is 0 Å². The normalized spacial score (nSPS) is 10.7. The van der Waals surface area contributed by atoms with Gasteiger partial charge in [0.05, 0.1) is 11.9 Å². The van der Waals surface area contributed by atoms with E-state index in [0.717, 1.165) is 0 Å². The Labute approximate surface area is 127 Å². The van der Waals surface area contributed by atoms with Crippen LogP contribution in [0.25, 0.3) is 0 Å². The summed E-state index contributed by atoms with van der Waals surface area (Å²) in [5.74, 6) is 0.334. The van der Waals surface area contributed by atoms with Crippen LogP contribution in [-0.2, 0) is 11.3 Å². The highest BCUT2D eigenvalue weighted by atomic mass is 79.9. The lowest BCUT2D eigenvalue weighted by Gasteiger charge is -2.11. The molecule has 0 atom stereocenters. The van der Waals surface area contributed by atoms with E-state index in [1.807, 2.05) is 20.8 Å². The fourth-order valence-electron chi connectivity index (χ4n) is 1.66. The van der Waals surface area contributed by atoms with Gasteiger partial charge in [-0.25, -0.2) is 4.68 Å². The van der Waals surface area contributed by atoms with Gasteiger partial charge in [0.15, 0.2) is 0 Å². The van der Waals surface area contributed by atoms with Crippen molar-refractivity contribution in [3.05, 3.63) is 21.0 Å².